The largest absolute Gasteiger partial charge is 0.497 e. The first kappa shape index (κ1) is 22.6. The van der Waals surface area contributed by atoms with Crippen LogP contribution in [0, 0.1) is 11.5 Å². The summed E-state index contributed by atoms with van der Waals surface area (Å²) in [6.45, 7) is 13.0. The zero-order chi connectivity index (χ0) is 22.3. The summed E-state index contributed by atoms with van der Waals surface area (Å²) in [6, 6.07) is 7.69. The van der Waals surface area contributed by atoms with Crippen molar-refractivity contribution in [1.82, 2.24) is 0 Å². The Morgan fingerprint density at radius 2 is 1.67 bits per heavy atom. The lowest BCUT2D eigenvalue weighted by atomic mass is 9.77. The molecule has 0 saturated carbocycles. The number of aliphatic hydroxyl groups is 1. The molecule has 0 unspecified atom stereocenters. The highest BCUT2D eigenvalue weighted by molar-refractivity contribution is 6.87. The summed E-state index contributed by atoms with van der Waals surface area (Å²) in [7, 11) is -1.85. The third kappa shape index (κ3) is 4.80. The Morgan fingerprint density at radius 1 is 1.07 bits per heavy atom. The smallest absolute Gasteiger partial charge is 0.335 e. The van der Waals surface area contributed by atoms with Crippen LogP contribution in [0.4, 0.5) is 0 Å². The van der Waals surface area contributed by atoms with Crippen molar-refractivity contribution in [2.45, 2.75) is 64.1 Å². The molecule has 1 aromatic rings. The van der Waals surface area contributed by atoms with Crippen LogP contribution in [0.15, 0.2) is 40.8 Å². The molecule has 3 rings (SSSR count). The maximum atomic E-state index is 12.8. The van der Waals surface area contributed by atoms with Gasteiger partial charge in [-0.05, 0) is 17.7 Å². The number of benzene rings is 1. The summed E-state index contributed by atoms with van der Waals surface area (Å²) in [4.78, 5) is 12.8. The molecule has 0 saturated heterocycles. The molecule has 1 N–H and O–H groups in total. The lowest BCUT2D eigenvalue weighted by molar-refractivity contribution is -0.132. The van der Waals surface area contributed by atoms with Crippen molar-refractivity contribution in [3.63, 3.8) is 0 Å². The molecule has 0 radical (unpaired) electrons. The number of fused-ring (bicyclic) bond motifs is 1. The first-order chi connectivity index (χ1) is 13.8. The Labute approximate surface area is 182 Å². The summed E-state index contributed by atoms with van der Waals surface area (Å²) in [5.41, 5.74) is 5.04. The van der Waals surface area contributed by atoms with Crippen molar-refractivity contribution in [1.29, 1.82) is 0 Å². The number of rotatable bonds is 4. The van der Waals surface area contributed by atoms with Crippen LogP contribution in [0.5, 0.6) is 5.75 Å². The third-order valence-corrected chi connectivity index (χ3v) is 8.26. The predicted octanol–water partition coefficient (Wildman–Crippen LogP) is 4.93. The lowest BCUT2D eigenvalue weighted by Gasteiger charge is -2.34. The Kier molecular flexibility index (Phi) is 5.94. The van der Waals surface area contributed by atoms with E-state index in [0.29, 0.717) is 25.0 Å². The van der Waals surface area contributed by atoms with Gasteiger partial charge in [0.2, 0.25) is 0 Å². The maximum absolute atomic E-state index is 12.8. The van der Waals surface area contributed by atoms with Crippen LogP contribution in [0.1, 0.15) is 24.8 Å². The Balaban J connectivity index is 2.12. The normalized spacial score (nSPS) is 21.8. The van der Waals surface area contributed by atoms with Gasteiger partial charge in [0.15, 0.2) is 0 Å². The summed E-state index contributed by atoms with van der Waals surface area (Å²) in [5.74, 6) is 4.41. The molecule has 6 heteroatoms. The van der Waals surface area contributed by atoms with E-state index in [-0.39, 0.29) is 5.97 Å². The molecule has 2 aliphatic rings. The minimum absolute atomic E-state index is 0.248. The molecular formula is C24H32O4Si2. The number of hydrogen-bond acceptors (Lipinski definition) is 4. The van der Waals surface area contributed by atoms with Gasteiger partial charge in [0, 0.05) is 35.6 Å². The molecule has 0 aromatic heterocycles. The Bertz CT molecular complexity index is 979. The summed E-state index contributed by atoms with van der Waals surface area (Å²) < 4.78 is 11.1. The average Bonchev–Trinajstić information content (AvgIpc) is 2.95. The third-order valence-electron chi connectivity index (χ3n) is 5.33. The van der Waals surface area contributed by atoms with E-state index in [1.165, 1.54) is 0 Å². The number of hydrogen-bond donors (Lipinski definition) is 1. The van der Waals surface area contributed by atoms with Crippen LogP contribution in [0.3, 0.4) is 0 Å². The highest BCUT2D eigenvalue weighted by atomic mass is 28.3. The fraction of sp³-hybridized carbons (Fsp3) is 0.458. The number of esters is 1. The van der Waals surface area contributed by atoms with Crippen molar-refractivity contribution in [3.8, 4) is 17.2 Å². The molecule has 0 bridgehead atoms. The van der Waals surface area contributed by atoms with E-state index in [9.17, 15) is 9.90 Å². The zero-order valence-corrected chi connectivity index (χ0v) is 21.1. The van der Waals surface area contributed by atoms with Gasteiger partial charge in [-0.15, -0.1) is 11.5 Å². The standard InChI is InChI=1S/C24H32O4Si2/c1-27-18-11-9-17(10-12-18)19-15-24(26,13-8-14-29(2,3)4)16-20-21(19)28-23(25)22(20)30(5,6)7/h9-12,26H,13,15-16H2,1-7H3/t24-/m0/s1. The highest BCUT2D eigenvalue weighted by Gasteiger charge is 2.46. The number of allylic oxidation sites excluding steroid dienone is 1. The van der Waals surface area contributed by atoms with Crippen LogP contribution in [-0.2, 0) is 9.53 Å². The highest BCUT2D eigenvalue weighted by Crippen LogP contribution is 2.48. The van der Waals surface area contributed by atoms with Gasteiger partial charge in [-0.3, -0.25) is 0 Å². The fourth-order valence-corrected chi connectivity index (χ4v) is 6.43. The summed E-state index contributed by atoms with van der Waals surface area (Å²) in [6.07, 6.45) is 1.21. The maximum Gasteiger partial charge on any atom is 0.335 e. The quantitative estimate of drug-likeness (QED) is 0.410. The van der Waals surface area contributed by atoms with Crippen LogP contribution in [-0.4, -0.2) is 39.9 Å². The van der Waals surface area contributed by atoms with Crippen LogP contribution in [0.2, 0.25) is 39.3 Å². The van der Waals surface area contributed by atoms with E-state index >= 15 is 0 Å². The van der Waals surface area contributed by atoms with Crippen LogP contribution < -0.4 is 4.74 Å². The topological polar surface area (TPSA) is 55.8 Å². The van der Waals surface area contributed by atoms with Gasteiger partial charge in [0.25, 0.3) is 0 Å². The van der Waals surface area contributed by atoms with Gasteiger partial charge < -0.3 is 14.6 Å². The van der Waals surface area contributed by atoms with Crippen molar-refractivity contribution >= 4 is 27.7 Å². The number of methoxy groups -OCH3 is 1. The number of carbonyl (C=O) groups excluding carboxylic acids is 1. The Hall–Kier alpha value is -2.08. The van der Waals surface area contributed by atoms with Crippen molar-refractivity contribution in [2.24, 2.45) is 0 Å². The molecule has 1 aliphatic heterocycles. The van der Waals surface area contributed by atoms with Crippen molar-refractivity contribution < 1.29 is 19.4 Å². The second-order valence-electron chi connectivity index (χ2n) is 10.3. The molecule has 0 amide bonds. The lowest BCUT2D eigenvalue weighted by Crippen LogP contribution is -2.35. The summed E-state index contributed by atoms with van der Waals surface area (Å²) in [5, 5.41) is 12.4. The van der Waals surface area contributed by atoms with Crippen LogP contribution in [0.25, 0.3) is 5.57 Å². The first-order valence-electron chi connectivity index (χ1n) is 10.4. The molecule has 0 spiro atoms. The Morgan fingerprint density at radius 3 is 2.20 bits per heavy atom. The van der Waals surface area contributed by atoms with E-state index < -0.39 is 21.7 Å². The minimum atomic E-state index is -1.95. The molecule has 1 atom stereocenters. The fourth-order valence-electron chi connectivity index (χ4n) is 4.04. The van der Waals surface area contributed by atoms with E-state index in [1.54, 1.807) is 7.11 Å². The minimum Gasteiger partial charge on any atom is -0.497 e. The molecule has 30 heavy (non-hydrogen) atoms. The predicted molar refractivity (Wildman–Crippen MR) is 126 cm³/mol. The van der Waals surface area contributed by atoms with E-state index in [1.807, 2.05) is 24.3 Å². The SMILES string of the molecule is COc1ccc(C2=C3OC(=O)C([Si](C)(C)C)=C3C[C@](O)(CC#C[Si](C)(C)C)C2)cc1. The van der Waals surface area contributed by atoms with E-state index in [4.69, 9.17) is 9.47 Å². The number of ether oxygens (including phenoxy) is 2. The van der Waals surface area contributed by atoms with Gasteiger partial charge in [0.1, 0.15) is 19.6 Å². The molecule has 160 valence electrons. The molecule has 1 aromatic carbocycles. The second-order valence-corrected chi connectivity index (χ2v) is 20.1. The molecule has 1 aliphatic carbocycles. The van der Waals surface area contributed by atoms with Gasteiger partial charge in [-0.2, -0.15) is 0 Å². The summed E-state index contributed by atoms with van der Waals surface area (Å²) >= 11 is 0. The van der Waals surface area contributed by atoms with Gasteiger partial charge in [-0.25, -0.2) is 4.79 Å². The van der Waals surface area contributed by atoms with E-state index in [0.717, 1.165) is 27.7 Å². The monoisotopic (exact) mass is 440 g/mol. The van der Waals surface area contributed by atoms with E-state index in [2.05, 4.69) is 50.7 Å². The molecule has 1 heterocycles. The van der Waals surface area contributed by atoms with Gasteiger partial charge in [0.05, 0.1) is 20.8 Å². The molecular weight excluding hydrogens is 408 g/mol. The van der Waals surface area contributed by atoms with Gasteiger partial charge in [-0.1, -0.05) is 51.4 Å². The molecule has 0 fully saturated rings. The van der Waals surface area contributed by atoms with Crippen LogP contribution >= 0.6 is 0 Å². The zero-order valence-electron chi connectivity index (χ0n) is 19.1. The van der Waals surface area contributed by atoms with Crippen molar-refractivity contribution in [3.05, 3.63) is 46.4 Å². The molecule has 4 nitrogen and oxygen atoms in total. The number of carbonyl (C=O) groups is 1. The van der Waals surface area contributed by atoms with Crippen molar-refractivity contribution in [2.75, 3.05) is 7.11 Å². The van der Waals surface area contributed by atoms with Gasteiger partial charge >= 0.3 is 5.97 Å². The second kappa shape index (κ2) is 7.88. The first-order valence-corrected chi connectivity index (χ1v) is 17.4. The average molecular weight is 441 g/mol.